The zero-order chi connectivity index (χ0) is 18.2. The zero-order valence-electron chi connectivity index (χ0n) is 15.9. The molecule has 3 heteroatoms. The van der Waals surface area contributed by atoms with E-state index in [1.54, 1.807) is 0 Å². The van der Waals surface area contributed by atoms with Crippen molar-refractivity contribution in [2.75, 3.05) is 13.2 Å². The van der Waals surface area contributed by atoms with Crippen LogP contribution in [0.25, 0.3) is 0 Å². The van der Waals surface area contributed by atoms with Gasteiger partial charge in [0.05, 0.1) is 0 Å². The van der Waals surface area contributed by atoms with Crippen molar-refractivity contribution < 1.29 is 9.84 Å². The first-order valence-electron chi connectivity index (χ1n) is 9.15. The van der Waals surface area contributed by atoms with E-state index in [4.69, 9.17) is 4.74 Å². The van der Waals surface area contributed by atoms with Gasteiger partial charge in [-0.1, -0.05) is 55.0 Å². The van der Waals surface area contributed by atoms with Crippen LogP contribution in [-0.2, 0) is 6.54 Å². The van der Waals surface area contributed by atoms with Crippen LogP contribution in [0.1, 0.15) is 37.0 Å². The predicted molar refractivity (Wildman–Crippen MR) is 104 cm³/mol. The molecule has 1 N–H and O–H groups in total. The Hall–Kier alpha value is -1.84. The number of aliphatic hydroxyl groups excluding tert-OH is 1. The highest BCUT2D eigenvalue weighted by Crippen LogP contribution is 2.17. The van der Waals surface area contributed by atoms with Gasteiger partial charge < -0.3 is 9.84 Å². The van der Waals surface area contributed by atoms with Crippen LogP contribution in [0.4, 0.5) is 0 Å². The summed E-state index contributed by atoms with van der Waals surface area (Å²) in [6, 6.07) is 16.9. The quantitative estimate of drug-likeness (QED) is 0.736. The fraction of sp³-hybridized carbons (Fsp3) is 0.455. The van der Waals surface area contributed by atoms with E-state index in [9.17, 15) is 5.11 Å². The Morgan fingerprint density at radius 1 is 1.04 bits per heavy atom. The molecule has 2 rings (SSSR count). The van der Waals surface area contributed by atoms with Crippen LogP contribution in [0.3, 0.4) is 0 Å². The Labute approximate surface area is 152 Å². The number of para-hydroxylation sites is 1. The molecule has 0 fully saturated rings. The molecule has 0 aliphatic rings. The van der Waals surface area contributed by atoms with Crippen LogP contribution in [-0.4, -0.2) is 35.3 Å². The summed E-state index contributed by atoms with van der Waals surface area (Å²) < 4.78 is 5.80. The molecule has 0 amide bonds. The first-order valence-corrected chi connectivity index (χ1v) is 9.15. The van der Waals surface area contributed by atoms with Gasteiger partial charge in [0.25, 0.3) is 0 Å². The van der Waals surface area contributed by atoms with Crippen molar-refractivity contribution >= 4 is 0 Å². The Bertz CT molecular complexity index is 639. The number of nitrogens with zero attached hydrogens (tertiary/aromatic N) is 1. The summed E-state index contributed by atoms with van der Waals surface area (Å²) >= 11 is 0. The van der Waals surface area contributed by atoms with Gasteiger partial charge in [-0.3, -0.25) is 4.90 Å². The number of rotatable bonds is 9. The van der Waals surface area contributed by atoms with Gasteiger partial charge in [-0.05, 0) is 44.4 Å². The van der Waals surface area contributed by atoms with Crippen LogP contribution in [0, 0.1) is 13.8 Å². The van der Waals surface area contributed by atoms with E-state index in [-0.39, 0.29) is 0 Å². The van der Waals surface area contributed by atoms with Crippen molar-refractivity contribution in [1.82, 2.24) is 4.90 Å². The standard InChI is InChI=1S/C22H31NO2/c1-5-19(4)23(14-20-12-10-17(2)11-13-20)15-21(24)16-25-22-9-7-6-8-18(22)3/h6-13,19,21,24H,5,14-16H2,1-4H3/t19-,21-/m1/s1. The molecule has 0 heterocycles. The van der Waals surface area contributed by atoms with Gasteiger partial charge in [0.15, 0.2) is 0 Å². The van der Waals surface area contributed by atoms with Gasteiger partial charge in [0.2, 0.25) is 0 Å². The van der Waals surface area contributed by atoms with E-state index >= 15 is 0 Å². The molecule has 25 heavy (non-hydrogen) atoms. The second-order valence-electron chi connectivity index (χ2n) is 6.90. The molecule has 136 valence electrons. The van der Waals surface area contributed by atoms with Crippen LogP contribution in [0.5, 0.6) is 5.75 Å². The maximum absolute atomic E-state index is 10.5. The lowest BCUT2D eigenvalue weighted by Gasteiger charge is -2.30. The van der Waals surface area contributed by atoms with E-state index in [0.717, 1.165) is 24.3 Å². The van der Waals surface area contributed by atoms with Crippen LogP contribution < -0.4 is 4.74 Å². The average Bonchev–Trinajstić information content (AvgIpc) is 2.61. The number of aryl methyl sites for hydroxylation is 2. The average molecular weight is 341 g/mol. The number of aliphatic hydroxyl groups is 1. The number of ether oxygens (including phenoxy) is 1. The summed E-state index contributed by atoms with van der Waals surface area (Å²) in [5.74, 6) is 0.843. The second-order valence-corrected chi connectivity index (χ2v) is 6.90. The molecule has 2 aromatic carbocycles. The minimum atomic E-state index is -0.515. The molecular weight excluding hydrogens is 310 g/mol. The highest BCUT2D eigenvalue weighted by atomic mass is 16.5. The van der Waals surface area contributed by atoms with Crippen LogP contribution in [0.2, 0.25) is 0 Å². The minimum Gasteiger partial charge on any atom is -0.491 e. The summed E-state index contributed by atoms with van der Waals surface area (Å²) in [5, 5.41) is 10.5. The van der Waals surface area contributed by atoms with Crippen LogP contribution in [0.15, 0.2) is 48.5 Å². The molecule has 0 saturated carbocycles. The van der Waals surface area contributed by atoms with E-state index in [1.165, 1.54) is 11.1 Å². The van der Waals surface area contributed by atoms with Crippen molar-refractivity contribution in [2.45, 2.75) is 52.8 Å². The van der Waals surface area contributed by atoms with Crippen molar-refractivity contribution in [3.05, 3.63) is 65.2 Å². The van der Waals surface area contributed by atoms with Gasteiger partial charge >= 0.3 is 0 Å². The smallest absolute Gasteiger partial charge is 0.122 e. The summed E-state index contributed by atoms with van der Waals surface area (Å²) in [5.41, 5.74) is 3.64. The number of hydrogen-bond donors (Lipinski definition) is 1. The third-order valence-corrected chi connectivity index (χ3v) is 4.69. The second kappa shape index (κ2) is 9.59. The van der Waals surface area contributed by atoms with E-state index in [2.05, 4.69) is 49.9 Å². The molecule has 0 aromatic heterocycles. The lowest BCUT2D eigenvalue weighted by Crippen LogP contribution is -2.40. The Morgan fingerprint density at radius 2 is 1.72 bits per heavy atom. The van der Waals surface area contributed by atoms with E-state index in [1.807, 2.05) is 31.2 Å². The Morgan fingerprint density at radius 3 is 2.36 bits per heavy atom. The summed E-state index contributed by atoms with van der Waals surface area (Å²) in [6.07, 6.45) is 0.538. The minimum absolute atomic E-state index is 0.311. The largest absolute Gasteiger partial charge is 0.491 e. The molecule has 0 aliphatic heterocycles. The van der Waals surface area contributed by atoms with Crippen molar-refractivity contribution in [3.8, 4) is 5.75 Å². The third-order valence-electron chi connectivity index (χ3n) is 4.69. The maximum atomic E-state index is 10.5. The maximum Gasteiger partial charge on any atom is 0.122 e. The highest BCUT2D eigenvalue weighted by molar-refractivity contribution is 5.31. The molecule has 2 atom stereocenters. The molecule has 0 saturated heterocycles. The van der Waals surface area contributed by atoms with Gasteiger partial charge in [-0.25, -0.2) is 0 Å². The van der Waals surface area contributed by atoms with E-state index < -0.39 is 6.10 Å². The van der Waals surface area contributed by atoms with Gasteiger partial charge in [-0.2, -0.15) is 0 Å². The number of benzene rings is 2. The van der Waals surface area contributed by atoms with Crippen LogP contribution >= 0.6 is 0 Å². The Balaban J connectivity index is 1.93. The Kier molecular flexibility index (Phi) is 7.48. The molecule has 0 aliphatic carbocycles. The fourth-order valence-corrected chi connectivity index (χ4v) is 2.81. The van der Waals surface area contributed by atoms with Gasteiger partial charge in [-0.15, -0.1) is 0 Å². The third kappa shape index (κ3) is 6.18. The molecule has 0 bridgehead atoms. The topological polar surface area (TPSA) is 32.7 Å². The summed E-state index contributed by atoms with van der Waals surface area (Å²) in [7, 11) is 0. The van der Waals surface area contributed by atoms with Gasteiger partial charge in [0.1, 0.15) is 18.5 Å². The molecule has 3 nitrogen and oxygen atoms in total. The lowest BCUT2D eigenvalue weighted by atomic mass is 10.1. The molecular formula is C22H31NO2. The van der Waals surface area contributed by atoms with E-state index in [0.29, 0.717) is 19.2 Å². The van der Waals surface area contributed by atoms with Crippen molar-refractivity contribution in [1.29, 1.82) is 0 Å². The SMILES string of the molecule is CC[C@@H](C)N(Cc1ccc(C)cc1)C[C@@H](O)COc1ccccc1C. The first kappa shape index (κ1) is 19.5. The summed E-state index contributed by atoms with van der Waals surface area (Å²) in [4.78, 5) is 2.33. The first-order chi connectivity index (χ1) is 12.0. The van der Waals surface area contributed by atoms with Crippen molar-refractivity contribution in [2.24, 2.45) is 0 Å². The molecule has 0 radical (unpaired) electrons. The molecule has 0 unspecified atom stereocenters. The normalized spacial score (nSPS) is 13.7. The lowest BCUT2D eigenvalue weighted by molar-refractivity contribution is 0.0504. The molecule has 2 aromatic rings. The predicted octanol–water partition coefficient (Wildman–Crippen LogP) is 4.34. The number of hydrogen-bond acceptors (Lipinski definition) is 3. The highest BCUT2D eigenvalue weighted by Gasteiger charge is 2.17. The monoisotopic (exact) mass is 341 g/mol. The fourth-order valence-electron chi connectivity index (χ4n) is 2.81. The summed E-state index contributed by atoms with van der Waals surface area (Å²) in [6.45, 7) is 10.3. The van der Waals surface area contributed by atoms with Crippen molar-refractivity contribution in [3.63, 3.8) is 0 Å². The van der Waals surface area contributed by atoms with Gasteiger partial charge in [0, 0.05) is 19.1 Å². The molecule has 0 spiro atoms. The zero-order valence-corrected chi connectivity index (χ0v) is 15.9.